The topological polar surface area (TPSA) is 51.3 Å². The van der Waals surface area contributed by atoms with E-state index in [2.05, 4.69) is 4.90 Å². The molecule has 0 bridgehead atoms. The van der Waals surface area contributed by atoms with Crippen molar-refractivity contribution >= 4 is 28.4 Å². The molecule has 1 heterocycles. The molecule has 136 valence electrons. The third kappa shape index (κ3) is 3.45. The first-order valence-corrected chi connectivity index (χ1v) is 8.79. The lowest BCUT2D eigenvalue weighted by molar-refractivity contribution is 0.0992. The van der Waals surface area contributed by atoms with Gasteiger partial charge in [-0.15, -0.1) is 0 Å². The van der Waals surface area contributed by atoms with Crippen LogP contribution in [-0.4, -0.2) is 36.0 Å². The summed E-state index contributed by atoms with van der Waals surface area (Å²) in [5.41, 5.74) is 7.69. The molecule has 1 amide bonds. The minimum atomic E-state index is -0.583. The quantitative estimate of drug-likeness (QED) is 0.705. The summed E-state index contributed by atoms with van der Waals surface area (Å²) < 4.78 is 16.4. The first kappa shape index (κ1) is 18.4. The Balaban J connectivity index is 2.28. The van der Waals surface area contributed by atoms with E-state index in [4.69, 9.17) is 17.3 Å². The first-order chi connectivity index (χ1) is 12.4. The van der Waals surface area contributed by atoms with Gasteiger partial charge in [0.15, 0.2) is 0 Å². The lowest BCUT2D eigenvalue weighted by atomic mass is 10.0. The van der Waals surface area contributed by atoms with Gasteiger partial charge in [-0.25, -0.2) is 4.39 Å². The summed E-state index contributed by atoms with van der Waals surface area (Å²) >= 11 is 6.18. The van der Waals surface area contributed by atoms with Crippen molar-refractivity contribution in [3.05, 3.63) is 59.0 Å². The van der Waals surface area contributed by atoms with Crippen molar-refractivity contribution in [1.82, 2.24) is 9.47 Å². The van der Waals surface area contributed by atoms with Gasteiger partial charge in [0.25, 0.3) is 5.91 Å². The number of primary amides is 1. The fourth-order valence-corrected chi connectivity index (χ4v) is 3.47. The van der Waals surface area contributed by atoms with Crippen LogP contribution in [0.5, 0.6) is 0 Å². The maximum Gasteiger partial charge on any atom is 0.266 e. The zero-order valence-corrected chi connectivity index (χ0v) is 15.6. The van der Waals surface area contributed by atoms with Gasteiger partial charge in [0.05, 0.1) is 0 Å². The van der Waals surface area contributed by atoms with Crippen molar-refractivity contribution in [3.63, 3.8) is 0 Å². The molecule has 3 aromatic rings. The van der Waals surface area contributed by atoms with Gasteiger partial charge in [0.2, 0.25) is 0 Å². The lowest BCUT2D eigenvalue weighted by Crippen LogP contribution is -2.20. The van der Waals surface area contributed by atoms with Crippen LogP contribution in [0.1, 0.15) is 16.9 Å². The fraction of sp³-hybridized carbons (Fsp3) is 0.250. The van der Waals surface area contributed by atoms with E-state index in [0.29, 0.717) is 28.4 Å². The largest absolute Gasteiger partial charge is 0.364 e. The molecule has 1 aromatic heterocycles. The second-order valence-electron chi connectivity index (χ2n) is 6.54. The van der Waals surface area contributed by atoms with E-state index < -0.39 is 11.7 Å². The van der Waals surface area contributed by atoms with Gasteiger partial charge in [0, 0.05) is 33.6 Å². The molecule has 0 radical (unpaired) electrons. The number of halogens is 2. The first-order valence-electron chi connectivity index (χ1n) is 8.41. The number of carbonyl (C=O) groups excluding carboxylic acids is 1. The van der Waals surface area contributed by atoms with Crippen LogP contribution in [-0.2, 0) is 6.54 Å². The maximum absolute atomic E-state index is 14.5. The van der Waals surface area contributed by atoms with Crippen LogP contribution in [0.4, 0.5) is 4.39 Å². The summed E-state index contributed by atoms with van der Waals surface area (Å²) in [6.45, 7) is 1.46. The number of carbonyl (C=O) groups is 1. The molecule has 2 N–H and O–H groups in total. The van der Waals surface area contributed by atoms with Crippen molar-refractivity contribution in [2.45, 2.75) is 13.0 Å². The van der Waals surface area contributed by atoms with E-state index in [9.17, 15) is 9.18 Å². The molecular formula is C20H21ClFN3O. The van der Waals surface area contributed by atoms with Crippen LogP contribution in [0.3, 0.4) is 0 Å². The van der Waals surface area contributed by atoms with Gasteiger partial charge in [-0.05, 0) is 51.3 Å². The standard InChI is InChI=1S/C20H21ClFN3O/c1-24(2)10-5-11-25-17-9-8-13(21)12-15(17)18(19(25)20(23)26)14-6-3-4-7-16(14)22/h3-4,6-9,12H,5,10-11H2,1-2H3,(H2,23,26). The Morgan fingerprint density at radius 3 is 2.62 bits per heavy atom. The third-order valence-electron chi connectivity index (χ3n) is 4.39. The maximum atomic E-state index is 14.5. The summed E-state index contributed by atoms with van der Waals surface area (Å²) in [6.07, 6.45) is 0.830. The Bertz CT molecular complexity index is 965. The number of benzene rings is 2. The number of nitrogens with two attached hydrogens (primary N) is 1. The van der Waals surface area contributed by atoms with Crippen molar-refractivity contribution < 1.29 is 9.18 Å². The summed E-state index contributed by atoms with van der Waals surface area (Å²) in [4.78, 5) is 14.4. The number of fused-ring (bicyclic) bond motifs is 1. The molecular weight excluding hydrogens is 353 g/mol. The van der Waals surface area contributed by atoms with E-state index in [0.717, 1.165) is 23.9 Å². The van der Waals surface area contributed by atoms with Gasteiger partial charge in [-0.1, -0.05) is 29.8 Å². The Morgan fingerprint density at radius 1 is 1.23 bits per heavy atom. The summed E-state index contributed by atoms with van der Waals surface area (Å²) in [5.74, 6) is -0.984. The van der Waals surface area contributed by atoms with Crippen molar-refractivity contribution in [2.75, 3.05) is 20.6 Å². The van der Waals surface area contributed by atoms with Gasteiger partial charge in [-0.3, -0.25) is 4.79 Å². The third-order valence-corrected chi connectivity index (χ3v) is 4.62. The van der Waals surface area contributed by atoms with Crippen LogP contribution in [0.2, 0.25) is 5.02 Å². The van der Waals surface area contributed by atoms with Gasteiger partial charge in [0.1, 0.15) is 11.5 Å². The number of amides is 1. The molecule has 4 nitrogen and oxygen atoms in total. The smallest absolute Gasteiger partial charge is 0.266 e. The molecule has 2 aromatic carbocycles. The average molecular weight is 374 g/mol. The van der Waals surface area contributed by atoms with Crippen LogP contribution in [0.25, 0.3) is 22.0 Å². The molecule has 0 aliphatic heterocycles. The summed E-state index contributed by atoms with van der Waals surface area (Å²) in [6, 6.07) is 11.8. The minimum absolute atomic E-state index is 0.311. The Kier molecular flexibility index (Phi) is 5.30. The SMILES string of the molecule is CN(C)CCCn1c(C(N)=O)c(-c2ccccc2F)c2cc(Cl)ccc21. The lowest BCUT2D eigenvalue weighted by Gasteiger charge is -2.13. The molecule has 0 aliphatic rings. The number of aryl methyl sites for hydroxylation is 1. The van der Waals surface area contributed by atoms with Crippen LogP contribution < -0.4 is 5.73 Å². The molecule has 3 rings (SSSR count). The van der Waals surface area contributed by atoms with E-state index in [1.54, 1.807) is 30.3 Å². The van der Waals surface area contributed by atoms with Crippen molar-refractivity contribution in [1.29, 1.82) is 0 Å². The highest BCUT2D eigenvalue weighted by atomic mass is 35.5. The van der Waals surface area contributed by atoms with E-state index in [1.165, 1.54) is 6.07 Å². The van der Waals surface area contributed by atoms with Gasteiger partial charge >= 0.3 is 0 Å². The zero-order valence-electron chi connectivity index (χ0n) is 14.8. The van der Waals surface area contributed by atoms with Gasteiger partial charge in [-0.2, -0.15) is 0 Å². The highest BCUT2D eigenvalue weighted by molar-refractivity contribution is 6.31. The Hall–Kier alpha value is -2.37. The molecule has 6 heteroatoms. The van der Waals surface area contributed by atoms with Crippen LogP contribution in [0, 0.1) is 5.82 Å². The van der Waals surface area contributed by atoms with Crippen LogP contribution >= 0.6 is 11.6 Å². The Labute approximate surface area is 157 Å². The number of nitrogens with zero attached hydrogens (tertiary/aromatic N) is 2. The van der Waals surface area contributed by atoms with E-state index in [1.807, 2.05) is 24.7 Å². The van der Waals surface area contributed by atoms with Crippen molar-refractivity contribution in [2.24, 2.45) is 5.73 Å². The molecule has 0 saturated heterocycles. The normalized spacial score (nSPS) is 11.4. The fourth-order valence-electron chi connectivity index (χ4n) is 3.30. The highest BCUT2D eigenvalue weighted by Crippen LogP contribution is 2.37. The molecule has 0 unspecified atom stereocenters. The average Bonchev–Trinajstić information content (AvgIpc) is 2.89. The highest BCUT2D eigenvalue weighted by Gasteiger charge is 2.24. The zero-order chi connectivity index (χ0) is 18.8. The number of hydrogen-bond acceptors (Lipinski definition) is 2. The number of hydrogen-bond donors (Lipinski definition) is 1. The number of rotatable bonds is 6. The summed E-state index contributed by atoms with van der Waals surface area (Å²) in [7, 11) is 3.99. The molecule has 26 heavy (non-hydrogen) atoms. The summed E-state index contributed by atoms with van der Waals surface area (Å²) in [5, 5.41) is 1.25. The van der Waals surface area contributed by atoms with Crippen molar-refractivity contribution in [3.8, 4) is 11.1 Å². The number of aromatic nitrogens is 1. The van der Waals surface area contributed by atoms with Crippen LogP contribution in [0.15, 0.2) is 42.5 Å². The molecule has 0 aliphatic carbocycles. The second-order valence-corrected chi connectivity index (χ2v) is 6.97. The Morgan fingerprint density at radius 2 is 1.96 bits per heavy atom. The monoisotopic (exact) mass is 373 g/mol. The minimum Gasteiger partial charge on any atom is -0.364 e. The molecule has 0 fully saturated rings. The predicted molar refractivity (Wildman–Crippen MR) is 104 cm³/mol. The van der Waals surface area contributed by atoms with Gasteiger partial charge < -0.3 is 15.2 Å². The van der Waals surface area contributed by atoms with E-state index >= 15 is 0 Å². The predicted octanol–water partition coefficient (Wildman–Crippen LogP) is 4.15. The second kappa shape index (κ2) is 7.48. The molecule has 0 saturated carbocycles. The molecule has 0 atom stereocenters. The van der Waals surface area contributed by atoms with E-state index in [-0.39, 0.29) is 0 Å². The molecule has 0 spiro atoms.